The van der Waals surface area contributed by atoms with Crippen molar-refractivity contribution < 1.29 is 0 Å². The summed E-state index contributed by atoms with van der Waals surface area (Å²) in [6.45, 7) is 3.81. The molecule has 1 aromatic carbocycles. The highest BCUT2D eigenvalue weighted by Crippen LogP contribution is 2.25. The zero-order chi connectivity index (χ0) is 11.7. The van der Waals surface area contributed by atoms with Gasteiger partial charge in [0.25, 0.3) is 0 Å². The number of aromatic nitrogens is 2. The zero-order valence-electron chi connectivity index (χ0n) is 9.16. The molecule has 0 saturated carbocycles. The lowest BCUT2D eigenvalue weighted by molar-refractivity contribution is 1.02. The number of aryl methyl sites for hydroxylation is 2. The van der Waals surface area contributed by atoms with Gasteiger partial charge in [-0.05, 0) is 32.0 Å². The van der Waals surface area contributed by atoms with Crippen molar-refractivity contribution in [3.05, 3.63) is 40.8 Å². The van der Waals surface area contributed by atoms with Gasteiger partial charge in [0.15, 0.2) is 0 Å². The molecule has 0 radical (unpaired) electrons. The molecule has 2 N–H and O–H groups in total. The first-order chi connectivity index (χ1) is 7.56. The maximum absolute atomic E-state index is 5.87. The second kappa shape index (κ2) is 4.10. The minimum atomic E-state index is 0.561. The molecule has 0 aliphatic carbocycles. The highest BCUT2D eigenvalue weighted by molar-refractivity contribution is 6.33. The molecule has 82 valence electrons. The van der Waals surface area contributed by atoms with Gasteiger partial charge >= 0.3 is 0 Å². The average Bonchev–Trinajstić information content (AvgIpc) is 2.20. The second-order valence-electron chi connectivity index (χ2n) is 3.68. The van der Waals surface area contributed by atoms with Crippen LogP contribution in [0.3, 0.4) is 0 Å². The highest BCUT2D eigenvalue weighted by atomic mass is 35.5. The van der Waals surface area contributed by atoms with Gasteiger partial charge in [-0.1, -0.05) is 17.7 Å². The van der Waals surface area contributed by atoms with Gasteiger partial charge in [-0.25, -0.2) is 9.97 Å². The molecule has 2 rings (SSSR count). The van der Waals surface area contributed by atoms with E-state index in [9.17, 15) is 0 Å². The van der Waals surface area contributed by atoms with Crippen LogP contribution in [-0.4, -0.2) is 9.97 Å². The lowest BCUT2D eigenvalue weighted by Gasteiger charge is -2.05. The maximum atomic E-state index is 5.87. The summed E-state index contributed by atoms with van der Waals surface area (Å²) in [4.78, 5) is 8.60. The first-order valence-corrected chi connectivity index (χ1v) is 5.32. The fraction of sp³-hybridized carbons (Fsp3) is 0.167. The van der Waals surface area contributed by atoms with Crippen molar-refractivity contribution in [3.8, 4) is 11.3 Å². The van der Waals surface area contributed by atoms with E-state index in [1.54, 1.807) is 6.07 Å². The van der Waals surface area contributed by atoms with Crippen molar-refractivity contribution in [2.45, 2.75) is 13.8 Å². The number of anilines is 1. The topological polar surface area (TPSA) is 51.8 Å². The summed E-state index contributed by atoms with van der Waals surface area (Å²) in [6, 6.07) is 7.43. The zero-order valence-corrected chi connectivity index (χ0v) is 9.92. The molecule has 0 unspecified atom stereocenters. The number of nitrogen functional groups attached to an aromatic ring is 1. The van der Waals surface area contributed by atoms with E-state index in [0.717, 1.165) is 22.8 Å². The standard InChI is InChI=1S/C12H12ClN3/c1-7-5-12(16-8(2)15-7)9-3-4-10(13)11(14)6-9/h3-6H,14H2,1-2H3. The van der Waals surface area contributed by atoms with Crippen LogP contribution in [0.2, 0.25) is 5.02 Å². The van der Waals surface area contributed by atoms with Crippen molar-refractivity contribution in [3.63, 3.8) is 0 Å². The first kappa shape index (κ1) is 10.9. The van der Waals surface area contributed by atoms with E-state index < -0.39 is 0 Å². The van der Waals surface area contributed by atoms with Crippen LogP contribution in [-0.2, 0) is 0 Å². The normalized spacial score (nSPS) is 10.4. The van der Waals surface area contributed by atoms with Crippen molar-refractivity contribution in [1.29, 1.82) is 0 Å². The minimum absolute atomic E-state index is 0.561. The Morgan fingerprint density at radius 1 is 1.12 bits per heavy atom. The third-order valence-corrected chi connectivity index (χ3v) is 2.60. The lowest BCUT2D eigenvalue weighted by atomic mass is 10.1. The van der Waals surface area contributed by atoms with Gasteiger partial charge in [-0.2, -0.15) is 0 Å². The SMILES string of the molecule is Cc1cc(-c2ccc(Cl)c(N)c2)nc(C)n1. The van der Waals surface area contributed by atoms with Crippen molar-refractivity contribution in [2.24, 2.45) is 0 Å². The van der Waals surface area contributed by atoms with E-state index in [2.05, 4.69) is 9.97 Å². The van der Waals surface area contributed by atoms with Gasteiger partial charge < -0.3 is 5.73 Å². The summed E-state index contributed by atoms with van der Waals surface area (Å²) >= 11 is 5.87. The molecule has 3 nitrogen and oxygen atoms in total. The predicted molar refractivity (Wildman–Crippen MR) is 66.4 cm³/mol. The molecule has 0 spiro atoms. The fourth-order valence-corrected chi connectivity index (χ4v) is 1.69. The molecule has 0 bridgehead atoms. The molecule has 0 aliphatic heterocycles. The molecule has 16 heavy (non-hydrogen) atoms. The minimum Gasteiger partial charge on any atom is -0.398 e. The second-order valence-corrected chi connectivity index (χ2v) is 4.09. The Labute approximate surface area is 99.3 Å². The van der Waals surface area contributed by atoms with Gasteiger partial charge in [0.1, 0.15) is 5.82 Å². The number of nitrogens with zero attached hydrogens (tertiary/aromatic N) is 2. The summed E-state index contributed by atoms with van der Waals surface area (Å²) < 4.78 is 0. The molecule has 1 aromatic heterocycles. The molecular weight excluding hydrogens is 222 g/mol. The van der Waals surface area contributed by atoms with E-state index in [1.165, 1.54) is 0 Å². The number of rotatable bonds is 1. The molecule has 0 aliphatic rings. The summed E-state index contributed by atoms with van der Waals surface area (Å²) in [5.41, 5.74) is 9.09. The van der Waals surface area contributed by atoms with E-state index in [1.807, 2.05) is 32.0 Å². The number of halogens is 1. The molecule has 0 amide bonds. The average molecular weight is 234 g/mol. The molecule has 4 heteroatoms. The molecular formula is C12H12ClN3. The Bertz CT molecular complexity index is 518. The van der Waals surface area contributed by atoms with E-state index in [-0.39, 0.29) is 0 Å². The molecule has 2 aromatic rings. The van der Waals surface area contributed by atoms with Crippen molar-refractivity contribution in [2.75, 3.05) is 5.73 Å². The van der Waals surface area contributed by atoms with Crippen LogP contribution in [0.25, 0.3) is 11.3 Å². The smallest absolute Gasteiger partial charge is 0.126 e. The summed E-state index contributed by atoms with van der Waals surface area (Å²) in [5.74, 6) is 0.753. The molecule has 0 saturated heterocycles. The summed E-state index contributed by atoms with van der Waals surface area (Å²) in [7, 11) is 0. The number of hydrogen-bond acceptors (Lipinski definition) is 3. The van der Waals surface area contributed by atoms with E-state index >= 15 is 0 Å². The van der Waals surface area contributed by atoms with Crippen LogP contribution in [0.5, 0.6) is 0 Å². The van der Waals surface area contributed by atoms with Crippen molar-refractivity contribution in [1.82, 2.24) is 9.97 Å². The van der Waals surface area contributed by atoms with Gasteiger partial charge in [0, 0.05) is 11.3 Å². The van der Waals surface area contributed by atoms with Crippen LogP contribution >= 0.6 is 11.6 Å². The maximum Gasteiger partial charge on any atom is 0.126 e. The first-order valence-electron chi connectivity index (χ1n) is 4.94. The van der Waals surface area contributed by atoms with Gasteiger partial charge in [-0.15, -0.1) is 0 Å². The molecule has 0 atom stereocenters. The Morgan fingerprint density at radius 3 is 2.50 bits per heavy atom. The molecule has 0 fully saturated rings. The highest BCUT2D eigenvalue weighted by Gasteiger charge is 2.04. The van der Waals surface area contributed by atoms with Crippen LogP contribution in [0.1, 0.15) is 11.5 Å². The largest absolute Gasteiger partial charge is 0.398 e. The Kier molecular flexibility index (Phi) is 2.79. The van der Waals surface area contributed by atoms with Gasteiger partial charge in [0.2, 0.25) is 0 Å². The number of hydrogen-bond donors (Lipinski definition) is 1. The van der Waals surface area contributed by atoms with Gasteiger partial charge in [-0.3, -0.25) is 0 Å². The monoisotopic (exact) mass is 233 g/mol. The van der Waals surface area contributed by atoms with Crippen LogP contribution < -0.4 is 5.73 Å². The van der Waals surface area contributed by atoms with Crippen LogP contribution in [0, 0.1) is 13.8 Å². The number of nitrogens with two attached hydrogens (primary N) is 1. The Hall–Kier alpha value is -1.61. The van der Waals surface area contributed by atoms with Gasteiger partial charge in [0.05, 0.1) is 16.4 Å². The third kappa shape index (κ3) is 2.14. The number of benzene rings is 1. The molecule has 1 heterocycles. The van der Waals surface area contributed by atoms with E-state index in [4.69, 9.17) is 17.3 Å². The summed E-state index contributed by atoms with van der Waals surface area (Å²) in [6.07, 6.45) is 0. The quantitative estimate of drug-likeness (QED) is 0.771. The van der Waals surface area contributed by atoms with E-state index in [0.29, 0.717) is 10.7 Å². The Morgan fingerprint density at radius 2 is 1.88 bits per heavy atom. The fourth-order valence-electron chi connectivity index (χ4n) is 1.57. The summed E-state index contributed by atoms with van der Waals surface area (Å²) in [5, 5.41) is 0.561. The Balaban J connectivity index is 2.54. The third-order valence-electron chi connectivity index (χ3n) is 2.26. The van der Waals surface area contributed by atoms with Crippen LogP contribution in [0.4, 0.5) is 5.69 Å². The lowest BCUT2D eigenvalue weighted by Crippen LogP contribution is -1.94. The predicted octanol–water partition coefficient (Wildman–Crippen LogP) is 3.00. The van der Waals surface area contributed by atoms with Crippen LogP contribution in [0.15, 0.2) is 24.3 Å². The van der Waals surface area contributed by atoms with Crippen molar-refractivity contribution >= 4 is 17.3 Å².